The molecule has 1 aromatic heterocycles. The number of aliphatic imine (C=N–C) groups is 1. The van der Waals surface area contributed by atoms with Crippen LogP contribution in [-0.2, 0) is 12.0 Å². The molecule has 1 heterocycles. The Morgan fingerprint density at radius 2 is 1.97 bits per heavy atom. The summed E-state index contributed by atoms with van der Waals surface area (Å²) in [5, 5.41) is 0. The summed E-state index contributed by atoms with van der Waals surface area (Å²) in [5.74, 6) is 1.65. The van der Waals surface area contributed by atoms with E-state index in [0.29, 0.717) is 11.5 Å². The van der Waals surface area contributed by atoms with Crippen LogP contribution in [-0.4, -0.2) is 25.4 Å². The Morgan fingerprint density at radius 1 is 1.16 bits per heavy atom. The fourth-order valence-corrected chi connectivity index (χ4v) is 4.93. The average molecular weight is 417 g/mol. The van der Waals surface area contributed by atoms with Crippen molar-refractivity contribution < 1.29 is 9.47 Å². The number of allylic oxidation sites excluding steroid dienone is 3. The average Bonchev–Trinajstić information content (AvgIpc) is 2.75. The summed E-state index contributed by atoms with van der Waals surface area (Å²) in [5.41, 5.74) is 5.18. The minimum Gasteiger partial charge on any atom is -0.493 e. The molecule has 0 aliphatic heterocycles. The molecular formula is C26H28N2O3. The van der Waals surface area contributed by atoms with Crippen molar-refractivity contribution in [3.05, 3.63) is 86.9 Å². The summed E-state index contributed by atoms with van der Waals surface area (Å²) in [6, 6.07) is 9.35. The quantitative estimate of drug-likeness (QED) is 0.560. The minimum atomic E-state index is -0.474. The standard InChI is InChI=1S/C26H28N2O3/c1-5-20-19-13-17(2)16-26(20,21-9-11-25(29)28-22(21)15-19)27-12-6-7-18-8-10-23(30-3)24(14-18)31-4/h5-14,19H,15-16H2,1-4H3,(H,28,29)/t19-,26+/m0/s1. The molecule has 2 aliphatic carbocycles. The largest absolute Gasteiger partial charge is 0.493 e. The molecule has 1 aromatic carbocycles. The van der Waals surface area contributed by atoms with Crippen LogP contribution in [0.3, 0.4) is 0 Å². The molecule has 4 rings (SSSR count). The van der Waals surface area contributed by atoms with Crippen molar-refractivity contribution >= 4 is 12.3 Å². The van der Waals surface area contributed by atoms with Crippen molar-refractivity contribution in [1.29, 1.82) is 0 Å². The molecule has 0 spiro atoms. The molecule has 2 atom stereocenters. The van der Waals surface area contributed by atoms with Crippen LogP contribution in [0.4, 0.5) is 0 Å². The minimum absolute atomic E-state index is 0.0612. The van der Waals surface area contributed by atoms with Gasteiger partial charge in [0.05, 0.1) is 14.2 Å². The molecule has 0 saturated heterocycles. The third-order valence-corrected chi connectivity index (χ3v) is 6.16. The van der Waals surface area contributed by atoms with Gasteiger partial charge in [0, 0.05) is 35.9 Å². The number of methoxy groups -OCH3 is 2. The van der Waals surface area contributed by atoms with Crippen LogP contribution >= 0.6 is 0 Å². The molecule has 0 radical (unpaired) electrons. The van der Waals surface area contributed by atoms with Crippen LogP contribution in [0.25, 0.3) is 6.08 Å². The Balaban J connectivity index is 1.71. The maximum absolute atomic E-state index is 11.9. The lowest BCUT2D eigenvalue weighted by atomic mass is 9.63. The summed E-state index contributed by atoms with van der Waals surface area (Å²) in [6.45, 7) is 4.25. The number of H-pyrrole nitrogens is 1. The van der Waals surface area contributed by atoms with Gasteiger partial charge in [-0.25, -0.2) is 0 Å². The Morgan fingerprint density at radius 3 is 2.71 bits per heavy atom. The van der Waals surface area contributed by atoms with Gasteiger partial charge >= 0.3 is 0 Å². The van der Waals surface area contributed by atoms with Crippen molar-refractivity contribution in [3.63, 3.8) is 0 Å². The smallest absolute Gasteiger partial charge is 0.248 e. The molecule has 2 aromatic rings. The normalized spacial score (nSPS) is 23.8. The van der Waals surface area contributed by atoms with Crippen molar-refractivity contribution in [3.8, 4) is 11.5 Å². The van der Waals surface area contributed by atoms with E-state index < -0.39 is 5.54 Å². The van der Waals surface area contributed by atoms with Gasteiger partial charge < -0.3 is 14.5 Å². The zero-order valence-corrected chi connectivity index (χ0v) is 18.4. The molecule has 5 heteroatoms. The fourth-order valence-electron chi connectivity index (χ4n) is 4.93. The van der Waals surface area contributed by atoms with Crippen LogP contribution in [0.15, 0.2) is 69.5 Å². The highest BCUT2D eigenvalue weighted by atomic mass is 16.5. The number of ether oxygens (including phenoxy) is 2. The van der Waals surface area contributed by atoms with Crippen LogP contribution < -0.4 is 15.0 Å². The summed E-state index contributed by atoms with van der Waals surface area (Å²) >= 11 is 0. The lowest BCUT2D eigenvalue weighted by Crippen LogP contribution is -2.40. The molecule has 2 aliphatic rings. The number of pyridine rings is 1. The molecule has 0 saturated carbocycles. The number of benzene rings is 1. The summed E-state index contributed by atoms with van der Waals surface area (Å²) in [7, 11) is 3.26. The summed E-state index contributed by atoms with van der Waals surface area (Å²) in [4.78, 5) is 20.1. The number of fused-ring (bicyclic) bond motifs is 4. The number of aromatic nitrogens is 1. The Labute approximate surface area is 182 Å². The number of aromatic amines is 1. The van der Waals surface area contributed by atoms with E-state index in [1.807, 2.05) is 42.6 Å². The molecule has 31 heavy (non-hydrogen) atoms. The van der Waals surface area contributed by atoms with Crippen LogP contribution in [0.5, 0.6) is 11.5 Å². The maximum Gasteiger partial charge on any atom is 0.248 e. The van der Waals surface area contributed by atoms with E-state index in [-0.39, 0.29) is 11.5 Å². The van der Waals surface area contributed by atoms with Crippen LogP contribution in [0, 0.1) is 5.92 Å². The first-order valence-corrected chi connectivity index (χ1v) is 10.5. The first-order valence-electron chi connectivity index (χ1n) is 10.5. The summed E-state index contributed by atoms with van der Waals surface area (Å²) in [6.07, 6.45) is 11.9. The number of hydrogen-bond donors (Lipinski definition) is 1. The zero-order chi connectivity index (χ0) is 22.0. The molecule has 2 bridgehead atoms. The number of rotatable bonds is 5. The second-order valence-corrected chi connectivity index (χ2v) is 8.07. The second-order valence-electron chi connectivity index (χ2n) is 8.07. The predicted molar refractivity (Wildman–Crippen MR) is 125 cm³/mol. The highest BCUT2D eigenvalue weighted by Gasteiger charge is 2.46. The molecule has 0 unspecified atom stereocenters. The molecular weight excluding hydrogens is 388 g/mol. The van der Waals surface area contributed by atoms with Gasteiger partial charge in [0.15, 0.2) is 11.5 Å². The third-order valence-electron chi connectivity index (χ3n) is 6.16. The summed E-state index contributed by atoms with van der Waals surface area (Å²) < 4.78 is 10.7. The highest BCUT2D eigenvalue weighted by molar-refractivity contribution is 5.79. The topological polar surface area (TPSA) is 63.7 Å². The van der Waals surface area contributed by atoms with E-state index >= 15 is 0 Å². The van der Waals surface area contributed by atoms with E-state index in [1.165, 1.54) is 11.1 Å². The van der Waals surface area contributed by atoms with E-state index in [0.717, 1.165) is 29.7 Å². The lowest BCUT2D eigenvalue weighted by Gasteiger charge is -2.45. The van der Waals surface area contributed by atoms with E-state index in [4.69, 9.17) is 14.5 Å². The SMILES string of the molecule is CC=C1[C@H]2C=C(C)C[C@]1(N=CC=Cc1ccc(OC)c(OC)c1)c1ccc(=O)[nH]c1C2. The molecule has 5 nitrogen and oxygen atoms in total. The van der Waals surface area contributed by atoms with Gasteiger partial charge in [-0.3, -0.25) is 9.79 Å². The van der Waals surface area contributed by atoms with Gasteiger partial charge in [-0.15, -0.1) is 0 Å². The van der Waals surface area contributed by atoms with Gasteiger partial charge in [0.1, 0.15) is 5.54 Å². The van der Waals surface area contributed by atoms with Crippen molar-refractivity contribution in [1.82, 2.24) is 4.98 Å². The fraction of sp³-hybridized carbons (Fsp3) is 0.308. The Hall–Kier alpha value is -3.34. The van der Waals surface area contributed by atoms with Gasteiger partial charge in [-0.05, 0) is 55.7 Å². The zero-order valence-electron chi connectivity index (χ0n) is 18.4. The molecule has 0 amide bonds. The first-order chi connectivity index (χ1) is 15.0. The third kappa shape index (κ3) is 3.76. The molecule has 160 valence electrons. The lowest BCUT2D eigenvalue weighted by molar-refractivity contribution is 0.355. The second kappa shape index (κ2) is 8.42. The van der Waals surface area contributed by atoms with E-state index in [1.54, 1.807) is 20.3 Å². The Kier molecular flexibility index (Phi) is 5.68. The van der Waals surface area contributed by atoms with Crippen molar-refractivity contribution in [2.24, 2.45) is 10.9 Å². The number of hydrogen-bond acceptors (Lipinski definition) is 4. The maximum atomic E-state index is 11.9. The Bertz CT molecular complexity index is 1170. The highest BCUT2D eigenvalue weighted by Crippen LogP contribution is 2.51. The molecule has 1 N–H and O–H groups in total. The van der Waals surface area contributed by atoms with Crippen LogP contribution in [0.2, 0.25) is 0 Å². The van der Waals surface area contributed by atoms with Crippen molar-refractivity contribution in [2.75, 3.05) is 14.2 Å². The molecule has 0 fully saturated rings. The van der Waals surface area contributed by atoms with Gasteiger partial charge in [0.2, 0.25) is 5.56 Å². The van der Waals surface area contributed by atoms with Gasteiger partial charge in [-0.1, -0.05) is 29.9 Å². The number of nitrogens with zero attached hydrogens (tertiary/aromatic N) is 1. The predicted octanol–water partition coefficient (Wildman–Crippen LogP) is 4.84. The van der Waals surface area contributed by atoms with Crippen molar-refractivity contribution in [2.45, 2.75) is 32.2 Å². The van der Waals surface area contributed by atoms with E-state index in [2.05, 4.69) is 31.0 Å². The monoisotopic (exact) mass is 416 g/mol. The first kappa shape index (κ1) is 20.9. The van der Waals surface area contributed by atoms with Gasteiger partial charge in [-0.2, -0.15) is 0 Å². The van der Waals surface area contributed by atoms with Crippen LogP contribution in [0.1, 0.15) is 37.1 Å². The van der Waals surface area contributed by atoms with Gasteiger partial charge in [0.25, 0.3) is 0 Å². The van der Waals surface area contributed by atoms with E-state index in [9.17, 15) is 4.79 Å². The number of nitrogens with one attached hydrogen (secondary N) is 1.